The summed E-state index contributed by atoms with van der Waals surface area (Å²) >= 11 is 0. The predicted octanol–water partition coefficient (Wildman–Crippen LogP) is 2.30. The highest BCUT2D eigenvalue weighted by atomic mass is 16.5. The number of hydrogen-bond acceptors (Lipinski definition) is 6. The molecule has 3 heterocycles. The van der Waals surface area contributed by atoms with E-state index in [1.54, 1.807) is 29.3 Å². The second-order valence-electron chi connectivity index (χ2n) is 8.08. The first kappa shape index (κ1) is 23.3. The van der Waals surface area contributed by atoms with Crippen LogP contribution in [-0.2, 0) is 27.4 Å². The molecule has 176 valence electrons. The van der Waals surface area contributed by atoms with Gasteiger partial charge >= 0.3 is 0 Å². The lowest BCUT2D eigenvalue weighted by molar-refractivity contribution is -0.118. The van der Waals surface area contributed by atoms with Crippen LogP contribution in [0.4, 0.5) is 5.69 Å². The van der Waals surface area contributed by atoms with Gasteiger partial charge in [-0.15, -0.1) is 0 Å². The van der Waals surface area contributed by atoms with Gasteiger partial charge in [0.05, 0.1) is 19.4 Å². The van der Waals surface area contributed by atoms with Crippen LogP contribution in [0.2, 0.25) is 0 Å². The topological polar surface area (TPSA) is 115 Å². The lowest BCUT2D eigenvalue weighted by atomic mass is 10.0. The fraction of sp³-hybridized carbons (Fsp3) is 0.280. The van der Waals surface area contributed by atoms with E-state index in [2.05, 4.69) is 20.3 Å². The van der Waals surface area contributed by atoms with E-state index in [0.29, 0.717) is 6.54 Å². The normalized spacial score (nSPS) is 14.4. The first-order valence-corrected chi connectivity index (χ1v) is 11.2. The van der Waals surface area contributed by atoms with E-state index in [-0.39, 0.29) is 18.2 Å². The highest BCUT2D eigenvalue weighted by Crippen LogP contribution is 2.23. The van der Waals surface area contributed by atoms with E-state index in [4.69, 9.17) is 10.5 Å². The molecule has 1 aliphatic heterocycles. The molecule has 1 saturated heterocycles. The number of ether oxygens (including phenoxy) is 1. The highest BCUT2D eigenvalue weighted by molar-refractivity contribution is 6.02. The number of aromatic nitrogens is 3. The van der Waals surface area contributed by atoms with Crippen molar-refractivity contribution in [3.63, 3.8) is 0 Å². The molecule has 0 aliphatic carbocycles. The van der Waals surface area contributed by atoms with Crippen molar-refractivity contribution in [1.82, 2.24) is 19.7 Å². The average Bonchev–Trinajstić information content (AvgIpc) is 3.32. The SMILES string of the molecule is NC(=O)CCn1cc(-c2ccncc2C=CC(=O)Nc2ccc(CN3CCOCC3)cc2)cn1. The number of anilines is 1. The monoisotopic (exact) mass is 460 g/mol. The molecule has 9 heteroatoms. The number of amides is 2. The number of nitrogens with zero attached hydrogens (tertiary/aromatic N) is 4. The Morgan fingerprint density at radius 2 is 1.91 bits per heavy atom. The molecular formula is C25H28N6O3. The summed E-state index contributed by atoms with van der Waals surface area (Å²) in [6, 6.07) is 9.75. The van der Waals surface area contributed by atoms with Crippen molar-refractivity contribution in [3.05, 3.63) is 72.3 Å². The van der Waals surface area contributed by atoms with E-state index >= 15 is 0 Å². The van der Waals surface area contributed by atoms with Gasteiger partial charge in [0.1, 0.15) is 0 Å². The summed E-state index contributed by atoms with van der Waals surface area (Å²) in [7, 11) is 0. The number of nitrogens with two attached hydrogens (primary N) is 1. The van der Waals surface area contributed by atoms with Crippen molar-refractivity contribution in [2.24, 2.45) is 5.73 Å². The molecule has 3 aromatic rings. The van der Waals surface area contributed by atoms with Crippen molar-refractivity contribution in [1.29, 1.82) is 0 Å². The maximum absolute atomic E-state index is 12.5. The van der Waals surface area contributed by atoms with Crippen LogP contribution in [0.3, 0.4) is 0 Å². The fourth-order valence-corrected chi connectivity index (χ4v) is 3.71. The Morgan fingerprint density at radius 1 is 1.12 bits per heavy atom. The average molecular weight is 461 g/mol. The Kier molecular flexibility index (Phi) is 7.79. The summed E-state index contributed by atoms with van der Waals surface area (Å²) in [5.74, 6) is -0.602. The van der Waals surface area contributed by atoms with Crippen molar-refractivity contribution in [2.75, 3.05) is 31.6 Å². The number of aryl methyl sites for hydroxylation is 1. The fourth-order valence-electron chi connectivity index (χ4n) is 3.71. The maximum Gasteiger partial charge on any atom is 0.248 e. The molecule has 0 saturated carbocycles. The third-order valence-corrected chi connectivity index (χ3v) is 5.53. The molecule has 0 bridgehead atoms. The van der Waals surface area contributed by atoms with Gasteiger partial charge in [-0.2, -0.15) is 5.10 Å². The number of pyridine rings is 1. The van der Waals surface area contributed by atoms with Gasteiger partial charge in [-0.25, -0.2) is 0 Å². The van der Waals surface area contributed by atoms with Gasteiger partial charge in [-0.3, -0.25) is 24.2 Å². The molecule has 0 unspecified atom stereocenters. The van der Waals surface area contributed by atoms with E-state index < -0.39 is 0 Å². The van der Waals surface area contributed by atoms with Crippen molar-refractivity contribution in [3.8, 4) is 11.1 Å². The third-order valence-electron chi connectivity index (χ3n) is 5.53. The molecule has 34 heavy (non-hydrogen) atoms. The highest BCUT2D eigenvalue weighted by Gasteiger charge is 2.11. The summed E-state index contributed by atoms with van der Waals surface area (Å²) in [4.78, 5) is 30.0. The Hall–Kier alpha value is -3.82. The number of primary amides is 1. The summed E-state index contributed by atoms with van der Waals surface area (Å²) < 4.78 is 7.06. The van der Waals surface area contributed by atoms with Crippen LogP contribution < -0.4 is 11.1 Å². The van der Waals surface area contributed by atoms with E-state index in [1.165, 1.54) is 11.6 Å². The molecule has 1 aliphatic rings. The predicted molar refractivity (Wildman–Crippen MR) is 129 cm³/mol. The first-order valence-electron chi connectivity index (χ1n) is 11.2. The Balaban J connectivity index is 1.36. The molecule has 1 aromatic carbocycles. The molecule has 9 nitrogen and oxygen atoms in total. The largest absolute Gasteiger partial charge is 0.379 e. The Labute approximate surface area is 198 Å². The van der Waals surface area contributed by atoms with Crippen molar-refractivity contribution >= 4 is 23.6 Å². The van der Waals surface area contributed by atoms with Gasteiger partial charge in [0.2, 0.25) is 11.8 Å². The third kappa shape index (κ3) is 6.60. The van der Waals surface area contributed by atoms with E-state index in [9.17, 15) is 9.59 Å². The minimum atomic E-state index is -0.373. The van der Waals surface area contributed by atoms with Gasteiger partial charge in [0, 0.05) is 74.1 Å². The molecule has 0 spiro atoms. The molecule has 2 amide bonds. The van der Waals surface area contributed by atoms with Gasteiger partial charge < -0.3 is 15.8 Å². The zero-order chi connectivity index (χ0) is 23.8. The number of hydrogen-bond donors (Lipinski definition) is 2. The molecular weight excluding hydrogens is 432 g/mol. The number of carbonyl (C=O) groups is 2. The van der Waals surface area contributed by atoms with Crippen molar-refractivity contribution < 1.29 is 14.3 Å². The van der Waals surface area contributed by atoms with Crippen LogP contribution in [0.15, 0.2) is 61.2 Å². The van der Waals surface area contributed by atoms with Gasteiger partial charge in [0.25, 0.3) is 0 Å². The molecule has 0 atom stereocenters. The van der Waals surface area contributed by atoms with Crippen LogP contribution in [0.1, 0.15) is 17.5 Å². The molecule has 2 aromatic heterocycles. The standard InChI is InChI=1S/C25H28N6O3/c26-24(32)8-10-31-18-21(16-28-31)23-7-9-27-15-20(23)3-6-25(33)29-22-4-1-19(2-5-22)17-30-11-13-34-14-12-30/h1-7,9,15-16,18H,8,10-14,17H2,(H2,26,32)(H,29,33). The van der Waals surface area contributed by atoms with E-state index in [1.807, 2.05) is 36.5 Å². The number of benzene rings is 1. The summed E-state index contributed by atoms with van der Waals surface area (Å²) in [5.41, 5.74) is 9.68. The zero-order valence-corrected chi connectivity index (χ0v) is 18.9. The van der Waals surface area contributed by atoms with Crippen molar-refractivity contribution in [2.45, 2.75) is 19.5 Å². The molecule has 0 radical (unpaired) electrons. The summed E-state index contributed by atoms with van der Waals surface area (Å²) in [6.45, 7) is 4.72. The van der Waals surface area contributed by atoms with Crippen LogP contribution in [0.5, 0.6) is 0 Å². The molecule has 3 N–H and O–H groups in total. The zero-order valence-electron chi connectivity index (χ0n) is 18.9. The van der Waals surface area contributed by atoms with Crippen LogP contribution >= 0.6 is 0 Å². The van der Waals surface area contributed by atoms with Gasteiger partial charge in [-0.1, -0.05) is 12.1 Å². The smallest absolute Gasteiger partial charge is 0.248 e. The minimum Gasteiger partial charge on any atom is -0.379 e. The second kappa shape index (κ2) is 11.4. The number of rotatable bonds is 9. The van der Waals surface area contributed by atoms with Gasteiger partial charge in [-0.05, 0) is 35.4 Å². The lowest BCUT2D eigenvalue weighted by Crippen LogP contribution is -2.35. The Morgan fingerprint density at radius 3 is 2.68 bits per heavy atom. The summed E-state index contributed by atoms with van der Waals surface area (Å²) in [5, 5.41) is 7.17. The van der Waals surface area contributed by atoms with Gasteiger partial charge in [0.15, 0.2) is 0 Å². The molecule has 4 rings (SSSR count). The number of carbonyl (C=O) groups excluding carboxylic acids is 2. The minimum absolute atomic E-state index is 0.221. The quantitative estimate of drug-likeness (QED) is 0.474. The number of morpholine rings is 1. The van der Waals surface area contributed by atoms with Crippen LogP contribution in [-0.4, -0.2) is 57.8 Å². The molecule has 1 fully saturated rings. The maximum atomic E-state index is 12.5. The number of nitrogens with one attached hydrogen (secondary N) is 1. The first-order chi connectivity index (χ1) is 16.6. The Bertz CT molecular complexity index is 1150. The summed E-state index contributed by atoms with van der Waals surface area (Å²) in [6.07, 6.45) is 10.4. The van der Waals surface area contributed by atoms with Crippen LogP contribution in [0, 0.1) is 0 Å². The lowest BCUT2D eigenvalue weighted by Gasteiger charge is -2.26. The second-order valence-corrected chi connectivity index (χ2v) is 8.08. The van der Waals surface area contributed by atoms with E-state index in [0.717, 1.165) is 55.2 Å². The van der Waals surface area contributed by atoms with Crippen LogP contribution in [0.25, 0.3) is 17.2 Å².